The highest BCUT2D eigenvalue weighted by molar-refractivity contribution is 7.89. The van der Waals surface area contributed by atoms with Crippen molar-refractivity contribution in [3.63, 3.8) is 0 Å². The second-order valence-electron chi connectivity index (χ2n) is 4.28. The Bertz CT molecular complexity index is 645. The predicted octanol–water partition coefficient (Wildman–Crippen LogP) is 2.69. The summed E-state index contributed by atoms with van der Waals surface area (Å²) in [6, 6.07) is 0. The summed E-state index contributed by atoms with van der Waals surface area (Å²) < 4.78 is 102. The van der Waals surface area contributed by atoms with Crippen LogP contribution in [0.25, 0.3) is 0 Å². The van der Waals surface area contributed by atoms with E-state index in [0.29, 0.717) is 4.31 Å². The maximum atomic E-state index is 13.7. The number of sulfonamides is 1. The molecule has 3 nitrogen and oxygen atoms in total. The Labute approximate surface area is 117 Å². The fraction of sp³-hybridized carbons (Fsp3) is 0.455. The summed E-state index contributed by atoms with van der Waals surface area (Å²) in [7, 11) is -2.78. The molecule has 1 aromatic rings. The van der Waals surface area contributed by atoms with Crippen LogP contribution in [0.4, 0.5) is 26.3 Å². The van der Waals surface area contributed by atoms with Gasteiger partial charge in [0.25, 0.3) is 0 Å². The third-order valence-electron chi connectivity index (χ3n) is 2.67. The van der Waals surface area contributed by atoms with Gasteiger partial charge in [0.05, 0.1) is 0 Å². The molecule has 0 aromatic heterocycles. The summed E-state index contributed by atoms with van der Waals surface area (Å²) in [6.07, 6.45) is -4.94. The third-order valence-corrected chi connectivity index (χ3v) is 4.57. The van der Waals surface area contributed by atoms with E-state index in [1.165, 1.54) is 0 Å². The molecule has 120 valence electrons. The molecular formula is C11H11F6NO2S. The van der Waals surface area contributed by atoms with E-state index >= 15 is 0 Å². The van der Waals surface area contributed by atoms with Crippen molar-refractivity contribution in [1.82, 2.24) is 4.31 Å². The van der Waals surface area contributed by atoms with Gasteiger partial charge in [0.1, 0.15) is 4.90 Å². The monoisotopic (exact) mass is 335 g/mol. The van der Waals surface area contributed by atoms with E-state index in [1.54, 1.807) is 0 Å². The number of rotatable bonds is 5. The van der Waals surface area contributed by atoms with E-state index < -0.39 is 63.0 Å². The summed E-state index contributed by atoms with van der Waals surface area (Å²) in [4.78, 5) is -1.47. The molecule has 0 fully saturated rings. The van der Waals surface area contributed by atoms with Crippen LogP contribution < -0.4 is 0 Å². The number of hydrogen-bond donors (Lipinski definition) is 0. The molecule has 0 aliphatic carbocycles. The number of benzene rings is 1. The molecule has 0 amide bonds. The standard InChI is InChI=1S/C11H11F6NO2S/c1-18(2)21(19,20)11-5(3-4-6(12)13)7(14)8(15)9(16)10(11)17/h6H,3-4H2,1-2H3. The van der Waals surface area contributed by atoms with Gasteiger partial charge in [-0.2, -0.15) is 0 Å². The largest absolute Gasteiger partial charge is 0.245 e. The molecule has 0 bridgehead atoms. The second kappa shape index (κ2) is 6.22. The van der Waals surface area contributed by atoms with Crippen LogP contribution in [-0.2, 0) is 16.4 Å². The molecule has 0 saturated carbocycles. The lowest BCUT2D eigenvalue weighted by Gasteiger charge is -2.17. The van der Waals surface area contributed by atoms with Crippen molar-refractivity contribution >= 4 is 10.0 Å². The average molecular weight is 335 g/mol. The zero-order valence-electron chi connectivity index (χ0n) is 10.9. The van der Waals surface area contributed by atoms with Gasteiger partial charge in [-0.1, -0.05) is 0 Å². The van der Waals surface area contributed by atoms with Crippen LogP contribution in [0.2, 0.25) is 0 Å². The fourth-order valence-corrected chi connectivity index (χ4v) is 2.77. The maximum absolute atomic E-state index is 13.7. The fourth-order valence-electron chi connectivity index (χ4n) is 1.59. The lowest BCUT2D eigenvalue weighted by molar-refractivity contribution is 0.137. The van der Waals surface area contributed by atoms with Crippen LogP contribution in [-0.4, -0.2) is 33.2 Å². The Morgan fingerprint density at radius 3 is 1.86 bits per heavy atom. The van der Waals surface area contributed by atoms with Gasteiger partial charge in [0.2, 0.25) is 16.4 Å². The van der Waals surface area contributed by atoms with Gasteiger partial charge in [-0.3, -0.25) is 0 Å². The Balaban J connectivity index is 3.67. The normalized spacial score (nSPS) is 12.5. The van der Waals surface area contributed by atoms with Crippen LogP contribution in [0, 0.1) is 23.3 Å². The SMILES string of the molecule is CN(C)S(=O)(=O)c1c(F)c(F)c(F)c(F)c1CCC(F)F. The minimum atomic E-state index is -4.68. The second-order valence-corrected chi connectivity index (χ2v) is 6.37. The highest BCUT2D eigenvalue weighted by Crippen LogP contribution is 2.30. The van der Waals surface area contributed by atoms with Gasteiger partial charge in [-0.25, -0.2) is 39.1 Å². The van der Waals surface area contributed by atoms with Crippen molar-refractivity contribution in [2.75, 3.05) is 14.1 Å². The zero-order chi connectivity index (χ0) is 16.5. The average Bonchev–Trinajstić information content (AvgIpc) is 2.38. The van der Waals surface area contributed by atoms with Crippen LogP contribution >= 0.6 is 0 Å². The van der Waals surface area contributed by atoms with Crippen molar-refractivity contribution in [3.05, 3.63) is 28.8 Å². The third kappa shape index (κ3) is 3.31. The molecule has 0 spiro atoms. The molecule has 0 aliphatic rings. The van der Waals surface area contributed by atoms with Gasteiger partial charge in [0.15, 0.2) is 23.3 Å². The van der Waals surface area contributed by atoms with Crippen LogP contribution in [0.5, 0.6) is 0 Å². The van der Waals surface area contributed by atoms with Crippen LogP contribution in [0.15, 0.2) is 4.90 Å². The quantitative estimate of drug-likeness (QED) is 0.471. The lowest BCUT2D eigenvalue weighted by atomic mass is 10.1. The summed E-state index contributed by atoms with van der Waals surface area (Å²) >= 11 is 0. The van der Waals surface area contributed by atoms with Gasteiger partial charge in [0, 0.05) is 26.1 Å². The maximum Gasteiger partial charge on any atom is 0.245 e. The van der Waals surface area contributed by atoms with E-state index in [4.69, 9.17) is 0 Å². The highest BCUT2D eigenvalue weighted by Gasteiger charge is 2.34. The molecule has 1 rings (SSSR count). The first-order chi connectivity index (χ1) is 9.51. The minimum absolute atomic E-state index is 0.439. The molecule has 10 heteroatoms. The van der Waals surface area contributed by atoms with Crippen molar-refractivity contribution in [2.24, 2.45) is 0 Å². The van der Waals surface area contributed by atoms with Gasteiger partial charge in [-0.05, 0) is 6.42 Å². The van der Waals surface area contributed by atoms with Crippen molar-refractivity contribution < 1.29 is 34.8 Å². The van der Waals surface area contributed by atoms with Gasteiger partial charge < -0.3 is 0 Å². The van der Waals surface area contributed by atoms with Crippen molar-refractivity contribution in [1.29, 1.82) is 0 Å². The molecular weight excluding hydrogens is 324 g/mol. The first-order valence-electron chi connectivity index (χ1n) is 5.57. The summed E-state index contributed by atoms with van der Waals surface area (Å²) in [5.74, 6) is -8.68. The Morgan fingerprint density at radius 1 is 0.952 bits per heavy atom. The molecule has 0 N–H and O–H groups in total. The molecule has 0 atom stereocenters. The number of alkyl halides is 2. The Hall–Kier alpha value is -1.29. The number of nitrogens with zero attached hydrogens (tertiary/aromatic N) is 1. The molecule has 0 aliphatic heterocycles. The molecule has 0 unspecified atom stereocenters. The molecule has 0 saturated heterocycles. The van der Waals surface area contributed by atoms with E-state index in [9.17, 15) is 34.8 Å². The molecule has 1 aromatic carbocycles. The van der Waals surface area contributed by atoms with Gasteiger partial charge >= 0.3 is 0 Å². The van der Waals surface area contributed by atoms with Crippen LogP contribution in [0.3, 0.4) is 0 Å². The van der Waals surface area contributed by atoms with Crippen molar-refractivity contribution in [2.45, 2.75) is 24.2 Å². The first kappa shape index (κ1) is 17.8. The zero-order valence-corrected chi connectivity index (χ0v) is 11.7. The summed E-state index contributed by atoms with van der Waals surface area (Å²) in [6.45, 7) is 0. The first-order valence-corrected chi connectivity index (χ1v) is 7.01. The van der Waals surface area contributed by atoms with Crippen LogP contribution in [0.1, 0.15) is 12.0 Å². The summed E-state index contributed by atoms with van der Waals surface area (Å²) in [5, 5.41) is 0. The number of halogens is 6. The lowest BCUT2D eigenvalue weighted by Crippen LogP contribution is -2.26. The molecule has 0 radical (unpaired) electrons. The van der Waals surface area contributed by atoms with E-state index in [-0.39, 0.29) is 0 Å². The smallest absolute Gasteiger partial charge is 0.211 e. The highest BCUT2D eigenvalue weighted by atomic mass is 32.2. The minimum Gasteiger partial charge on any atom is -0.211 e. The topological polar surface area (TPSA) is 37.4 Å². The van der Waals surface area contributed by atoms with E-state index in [0.717, 1.165) is 14.1 Å². The Kier molecular flexibility index (Phi) is 5.26. The predicted molar refractivity (Wildman–Crippen MR) is 61.5 cm³/mol. The van der Waals surface area contributed by atoms with Crippen molar-refractivity contribution in [3.8, 4) is 0 Å². The summed E-state index contributed by atoms with van der Waals surface area (Å²) in [5.41, 5.74) is -1.14. The number of hydrogen-bond acceptors (Lipinski definition) is 2. The molecule has 21 heavy (non-hydrogen) atoms. The van der Waals surface area contributed by atoms with E-state index in [2.05, 4.69) is 0 Å². The molecule has 0 heterocycles. The van der Waals surface area contributed by atoms with Gasteiger partial charge in [-0.15, -0.1) is 0 Å². The Morgan fingerprint density at radius 2 is 1.43 bits per heavy atom. The van der Waals surface area contributed by atoms with E-state index in [1.807, 2.05) is 0 Å².